The molecule has 0 N–H and O–H groups in total. The minimum absolute atomic E-state index is 0.000595. The van der Waals surface area contributed by atoms with Gasteiger partial charge in [0.1, 0.15) is 5.60 Å². The zero-order chi connectivity index (χ0) is 17.3. The summed E-state index contributed by atoms with van der Waals surface area (Å²) in [5.74, 6) is 2.16. The summed E-state index contributed by atoms with van der Waals surface area (Å²) in [6.45, 7) is 15.7. The lowest BCUT2D eigenvalue weighted by Crippen LogP contribution is -2.49. The molecule has 2 nitrogen and oxygen atoms in total. The number of rotatable bonds is 3. The molecule has 1 unspecified atom stereocenters. The van der Waals surface area contributed by atoms with Crippen LogP contribution in [0, 0.1) is 34.0 Å². The van der Waals surface area contributed by atoms with E-state index in [0.717, 1.165) is 24.7 Å². The number of carbonyl (C=O) groups is 1. The fraction of sp³-hybridized carbons (Fsp3) is 0.952. The Morgan fingerprint density at radius 1 is 1.13 bits per heavy atom. The van der Waals surface area contributed by atoms with Crippen LogP contribution in [0.4, 0.5) is 0 Å². The third-order valence-corrected chi connectivity index (χ3v) is 8.53. The molecule has 2 bridgehead atoms. The predicted octanol–water partition coefficient (Wildman–Crippen LogP) is 5.60. The molecule has 0 aromatic heterocycles. The van der Waals surface area contributed by atoms with Crippen LogP contribution in [0.3, 0.4) is 0 Å². The molecule has 0 aromatic rings. The molecule has 3 aliphatic carbocycles. The van der Waals surface area contributed by atoms with Gasteiger partial charge in [0.05, 0.1) is 5.41 Å². The summed E-state index contributed by atoms with van der Waals surface area (Å²) in [6.07, 6.45) is 7.15. The maximum absolute atomic E-state index is 12.7. The molecule has 0 saturated heterocycles. The van der Waals surface area contributed by atoms with Crippen LogP contribution in [0.2, 0.25) is 0 Å². The molecule has 5 atom stereocenters. The van der Waals surface area contributed by atoms with Gasteiger partial charge in [-0.2, -0.15) is 0 Å². The van der Waals surface area contributed by atoms with Crippen LogP contribution in [-0.2, 0) is 9.53 Å². The Balaban J connectivity index is 1.89. The predicted molar refractivity (Wildman–Crippen MR) is 94.0 cm³/mol. The smallest absolute Gasteiger partial charge is 0.312 e. The summed E-state index contributed by atoms with van der Waals surface area (Å²) >= 11 is 0. The average molecular weight is 321 g/mol. The normalized spacial score (nSPS) is 44.9. The highest BCUT2D eigenvalue weighted by Gasteiger charge is 2.69. The van der Waals surface area contributed by atoms with Gasteiger partial charge >= 0.3 is 5.97 Å². The molecule has 132 valence electrons. The largest absolute Gasteiger partial charge is 0.459 e. The second-order valence-electron chi connectivity index (χ2n) is 10.3. The number of fused-ring (bicyclic) bond motifs is 1. The minimum Gasteiger partial charge on any atom is -0.459 e. The number of carbonyl (C=O) groups excluding carboxylic acids is 1. The van der Waals surface area contributed by atoms with E-state index in [9.17, 15) is 4.79 Å². The zero-order valence-electron chi connectivity index (χ0n) is 16.3. The highest BCUT2D eigenvalue weighted by molar-refractivity contribution is 5.76. The molecule has 23 heavy (non-hydrogen) atoms. The number of hydrogen-bond acceptors (Lipinski definition) is 2. The van der Waals surface area contributed by atoms with E-state index < -0.39 is 0 Å². The van der Waals surface area contributed by atoms with Crippen molar-refractivity contribution in [3.05, 3.63) is 0 Å². The van der Waals surface area contributed by atoms with E-state index in [4.69, 9.17) is 4.74 Å². The Bertz CT molecular complexity index is 506. The van der Waals surface area contributed by atoms with Gasteiger partial charge < -0.3 is 4.74 Å². The van der Waals surface area contributed by atoms with E-state index >= 15 is 0 Å². The molecule has 3 rings (SSSR count). The topological polar surface area (TPSA) is 26.3 Å². The highest BCUT2D eigenvalue weighted by atomic mass is 16.6. The highest BCUT2D eigenvalue weighted by Crippen LogP contribution is 2.73. The van der Waals surface area contributed by atoms with Crippen molar-refractivity contribution in [2.24, 2.45) is 34.0 Å². The van der Waals surface area contributed by atoms with Gasteiger partial charge in [-0.3, -0.25) is 4.79 Å². The van der Waals surface area contributed by atoms with E-state index in [1.54, 1.807) is 0 Å². The van der Waals surface area contributed by atoms with Crippen molar-refractivity contribution < 1.29 is 9.53 Å². The first-order valence-corrected chi connectivity index (χ1v) is 9.73. The Kier molecular flexibility index (Phi) is 3.75. The minimum atomic E-state index is -0.371. The van der Waals surface area contributed by atoms with Gasteiger partial charge in [-0.15, -0.1) is 0 Å². The van der Waals surface area contributed by atoms with Crippen molar-refractivity contribution in [1.29, 1.82) is 0 Å². The van der Waals surface area contributed by atoms with E-state index in [0.29, 0.717) is 11.3 Å². The first-order valence-electron chi connectivity index (χ1n) is 9.73. The molecule has 0 aliphatic heterocycles. The monoisotopic (exact) mass is 320 g/mol. The lowest BCUT2D eigenvalue weighted by atomic mass is 9.64. The Hall–Kier alpha value is -0.530. The van der Waals surface area contributed by atoms with Gasteiger partial charge in [0.15, 0.2) is 0 Å². The molecule has 3 saturated carbocycles. The van der Waals surface area contributed by atoms with Crippen molar-refractivity contribution >= 4 is 5.97 Å². The lowest BCUT2D eigenvalue weighted by molar-refractivity contribution is -0.184. The molecule has 3 fully saturated rings. The van der Waals surface area contributed by atoms with Crippen LogP contribution in [0.1, 0.15) is 87.0 Å². The Morgan fingerprint density at radius 2 is 1.78 bits per heavy atom. The molecule has 2 heteroatoms. The van der Waals surface area contributed by atoms with E-state index in [2.05, 4.69) is 34.6 Å². The average Bonchev–Trinajstić information content (AvgIpc) is 2.89. The van der Waals surface area contributed by atoms with Crippen LogP contribution in [-0.4, -0.2) is 11.6 Å². The third-order valence-electron chi connectivity index (χ3n) is 8.53. The molecule has 1 spiro atoms. The first-order chi connectivity index (χ1) is 10.5. The van der Waals surface area contributed by atoms with Gasteiger partial charge in [0.2, 0.25) is 0 Å². The van der Waals surface area contributed by atoms with Crippen LogP contribution >= 0.6 is 0 Å². The van der Waals surface area contributed by atoms with Gasteiger partial charge in [0.25, 0.3) is 0 Å². The van der Waals surface area contributed by atoms with Crippen LogP contribution in [0.25, 0.3) is 0 Å². The van der Waals surface area contributed by atoms with Crippen molar-refractivity contribution in [2.45, 2.75) is 92.6 Å². The number of esters is 1. The third kappa shape index (κ3) is 2.23. The molecule has 0 aromatic carbocycles. The Morgan fingerprint density at radius 3 is 2.39 bits per heavy atom. The number of ether oxygens (including phenoxy) is 1. The SMILES string of the molecule is CCC(C)(C)C(=O)O[C@]1(C)CC[C@@]23C[C@H]1C(C)(C)C2CC[C@H]3C. The van der Waals surface area contributed by atoms with Crippen LogP contribution < -0.4 is 0 Å². The van der Waals surface area contributed by atoms with Crippen molar-refractivity contribution in [3.8, 4) is 0 Å². The van der Waals surface area contributed by atoms with E-state index in [1.165, 1.54) is 25.7 Å². The number of hydrogen-bond donors (Lipinski definition) is 0. The quantitative estimate of drug-likeness (QED) is 0.633. The van der Waals surface area contributed by atoms with Crippen molar-refractivity contribution in [2.75, 3.05) is 0 Å². The molecule has 0 amide bonds. The van der Waals surface area contributed by atoms with Gasteiger partial charge in [-0.1, -0.05) is 27.7 Å². The fourth-order valence-corrected chi connectivity index (χ4v) is 6.47. The van der Waals surface area contributed by atoms with Crippen molar-refractivity contribution in [1.82, 2.24) is 0 Å². The summed E-state index contributed by atoms with van der Waals surface area (Å²) in [5, 5.41) is 0. The first kappa shape index (κ1) is 17.3. The summed E-state index contributed by atoms with van der Waals surface area (Å²) < 4.78 is 6.26. The van der Waals surface area contributed by atoms with Crippen molar-refractivity contribution in [3.63, 3.8) is 0 Å². The van der Waals surface area contributed by atoms with E-state index in [-0.39, 0.29) is 22.4 Å². The summed E-state index contributed by atoms with van der Waals surface area (Å²) in [5.41, 5.74) is 0.166. The maximum Gasteiger partial charge on any atom is 0.312 e. The second-order valence-corrected chi connectivity index (χ2v) is 10.3. The zero-order valence-corrected chi connectivity index (χ0v) is 16.3. The van der Waals surface area contributed by atoms with Crippen LogP contribution in [0.5, 0.6) is 0 Å². The Labute approximate surface area is 142 Å². The summed E-state index contributed by atoms with van der Waals surface area (Å²) in [4.78, 5) is 12.7. The molecule has 0 heterocycles. The standard InChI is InChI=1S/C21H36O2/c1-8-18(3,4)17(22)23-20(7)11-12-21-13-16(20)19(5,6)15(21)10-9-14(21)2/h14-16H,8-13H2,1-7H3/t14-,15?,16+,20-,21+/m1/s1. The molecular weight excluding hydrogens is 284 g/mol. The maximum atomic E-state index is 12.7. The second kappa shape index (κ2) is 4.99. The molecule has 3 aliphatic rings. The molecule has 0 radical (unpaired) electrons. The van der Waals surface area contributed by atoms with Gasteiger partial charge in [-0.05, 0) is 82.0 Å². The summed E-state index contributed by atoms with van der Waals surface area (Å²) in [6, 6.07) is 0. The van der Waals surface area contributed by atoms with Crippen LogP contribution in [0.15, 0.2) is 0 Å². The van der Waals surface area contributed by atoms with Gasteiger partial charge in [0, 0.05) is 5.92 Å². The lowest BCUT2D eigenvalue weighted by Gasteiger charge is -2.47. The van der Waals surface area contributed by atoms with Gasteiger partial charge in [-0.25, -0.2) is 0 Å². The molecular formula is C21H36O2. The summed E-state index contributed by atoms with van der Waals surface area (Å²) in [7, 11) is 0. The fourth-order valence-electron chi connectivity index (χ4n) is 6.47. The van der Waals surface area contributed by atoms with E-state index in [1.807, 2.05) is 13.8 Å².